The number of fused-ring (bicyclic) bond motifs is 1. The van der Waals surface area contributed by atoms with E-state index in [9.17, 15) is 5.11 Å². The number of aromatic nitrogens is 2. The van der Waals surface area contributed by atoms with Crippen molar-refractivity contribution in [2.45, 2.75) is 13.1 Å². The number of benzene rings is 1. The first-order chi connectivity index (χ1) is 8.25. The van der Waals surface area contributed by atoms with Gasteiger partial charge in [-0.2, -0.15) is 0 Å². The van der Waals surface area contributed by atoms with E-state index in [1.165, 1.54) is 0 Å². The molecule has 0 fully saturated rings. The molecule has 0 aliphatic carbocycles. The van der Waals surface area contributed by atoms with Gasteiger partial charge < -0.3 is 10.4 Å². The zero-order valence-corrected chi connectivity index (χ0v) is 9.70. The van der Waals surface area contributed by atoms with Crippen molar-refractivity contribution in [1.82, 2.24) is 15.3 Å². The van der Waals surface area contributed by atoms with Crippen molar-refractivity contribution in [1.29, 1.82) is 0 Å². The van der Waals surface area contributed by atoms with Crippen molar-refractivity contribution in [3.8, 4) is 17.1 Å². The van der Waals surface area contributed by atoms with Crippen LogP contribution in [0.1, 0.15) is 11.3 Å². The van der Waals surface area contributed by atoms with Gasteiger partial charge in [0, 0.05) is 18.7 Å². The number of phenolic OH excluding ortho intramolecular Hbond substituents is 1. The van der Waals surface area contributed by atoms with Gasteiger partial charge in [-0.05, 0) is 12.1 Å². The summed E-state index contributed by atoms with van der Waals surface area (Å²) < 4.78 is 0. The van der Waals surface area contributed by atoms with Crippen LogP contribution in [0.4, 0.5) is 0 Å². The van der Waals surface area contributed by atoms with Crippen molar-refractivity contribution in [3.63, 3.8) is 0 Å². The van der Waals surface area contributed by atoms with E-state index in [4.69, 9.17) is 11.6 Å². The minimum Gasteiger partial charge on any atom is -0.507 e. The zero-order chi connectivity index (χ0) is 11.8. The lowest BCUT2D eigenvalue weighted by Crippen LogP contribution is -2.00. The average Bonchev–Trinajstić information content (AvgIpc) is 2.78. The Morgan fingerprint density at radius 3 is 2.82 bits per heavy atom. The van der Waals surface area contributed by atoms with Crippen molar-refractivity contribution < 1.29 is 5.11 Å². The molecule has 2 aromatic rings. The number of aromatic hydroxyl groups is 1. The molecule has 1 aromatic heterocycles. The first kappa shape index (κ1) is 10.5. The lowest BCUT2D eigenvalue weighted by Gasteiger charge is -2.06. The van der Waals surface area contributed by atoms with Crippen LogP contribution in [0, 0.1) is 0 Å². The van der Waals surface area contributed by atoms with Gasteiger partial charge in [-0.15, -0.1) is 0 Å². The zero-order valence-electron chi connectivity index (χ0n) is 8.94. The molecule has 0 atom stereocenters. The maximum absolute atomic E-state index is 9.76. The van der Waals surface area contributed by atoms with Gasteiger partial charge in [-0.25, -0.2) is 9.97 Å². The van der Waals surface area contributed by atoms with Crippen LogP contribution >= 0.6 is 11.6 Å². The Morgan fingerprint density at radius 1 is 1.18 bits per heavy atom. The van der Waals surface area contributed by atoms with E-state index >= 15 is 0 Å². The molecule has 3 rings (SSSR count). The molecule has 0 saturated carbocycles. The second-order valence-electron chi connectivity index (χ2n) is 3.88. The summed E-state index contributed by atoms with van der Waals surface area (Å²) in [5.41, 5.74) is 2.46. The smallest absolute Gasteiger partial charge is 0.164 e. The van der Waals surface area contributed by atoms with Gasteiger partial charge in [0.1, 0.15) is 10.9 Å². The van der Waals surface area contributed by atoms with E-state index in [1.54, 1.807) is 18.2 Å². The third-order valence-electron chi connectivity index (χ3n) is 2.78. The van der Waals surface area contributed by atoms with Gasteiger partial charge in [0.2, 0.25) is 0 Å². The summed E-state index contributed by atoms with van der Waals surface area (Å²) >= 11 is 6.10. The largest absolute Gasteiger partial charge is 0.507 e. The van der Waals surface area contributed by atoms with Gasteiger partial charge in [0.15, 0.2) is 5.82 Å². The van der Waals surface area contributed by atoms with Gasteiger partial charge in [0.25, 0.3) is 0 Å². The van der Waals surface area contributed by atoms with Crippen LogP contribution in [0.25, 0.3) is 11.4 Å². The predicted molar refractivity (Wildman–Crippen MR) is 64.7 cm³/mol. The number of hydrogen-bond acceptors (Lipinski definition) is 4. The molecule has 2 N–H and O–H groups in total. The molecule has 4 nitrogen and oxygen atoms in total. The number of phenols is 1. The highest BCUT2D eigenvalue weighted by Gasteiger charge is 2.19. The fraction of sp³-hybridized carbons (Fsp3) is 0.167. The molecule has 0 spiro atoms. The summed E-state index contributed by atoms with van der Waals surface area (Å²) in [5.74, 6) is 0.630. The molecule has 2 heterocycles. The molecule has 0 radical (unpaired) electrons. The maximum atomic E-state index is 9.76. The predicted octanol–water partition coefficient (Wildman–Crippen LogP) is 2.11. The van der Waals surface area contributed by atoms with Crippen LogP contribution in [-0.4, -0.2) is 15.1 Å². The highest BCUT2D eigenvalue weighted by Crippen LogP contribution is 2.29. The Balaban J connectivity index is 2.17. The molecule has 0 amide bonds. The highest BCUT2D eigenvalue weighted by atomic mass is 35.5. The normalized spacial score (nSPS) is 13.7. The molecule has 0 unspecified atom stereocenters. The van der Waals surface area contributed by atoms with Gasteiger partial charge in [-0.1, -0.05) is 23.7 Å². The molecule has 86 valence electrons. The van der Waals surface area contributed by atoms with Crippen LogP contribution in [0.5, 0.6) is 5.75 Å². The van der Waals surface area contributed by atoms with E-state index in [0.29, 0.717) is 29.6 Å². The highest BCUT2D eigenvalue weighted by molar-refractivity contribution is 6.30. The summed E-state index contributed by atoms with van der Waals surface area (Å²) in [5, 5.41) is 13.4. The van der Waals surface area contributed by atoms with Crippen LogP contribution in [0.15, 0.2) is 24.3 Å². The number of halogens is 1. The summed E-state index contributed by atoms with van der Waals surface area (Å²) in [6.45, 7) is 1.40. The van der Waals surface area contributed by atoms with Crippen molar-refractivity contribution in [2.75, 3.05) is 0 Å². The molecule has 0 saturated heterocycles. The summed E-state index contributed by atoms with van der Waals surface area (Å²) in [6, 6.07) is 6.97. The van der Waals surface area contributed by atoms with E-state index in [1.807, 2.05) is 6.07 Å². The Bertz CT molecular complexity index is 586. The summed E-state index contributed by atoms with van der Waals surface area (Å²) in [7, 11) is 0. The Labute approximate surface area is 103 Å². The molecule has 1 aromatic carbocycles. The Morgan fingerprint density at radius 2 is 2.00 bits per heavy atom. The van der Waals surface area contributed by atoms with Crippen molar-refractivity contribution in [2.24, 2.45) is 0 Å². The molecule has 1 aliphatic rings. The SMILES string of the molecule is Oc1ccccc1-c1nc(Cl)c2c(n1)CNC2. The summed E-state index contributed by atoms with van der Waals surface area (Å²) in [6.07, 6.45) is 0. The fourth-order valence-corrected chi connectivity index (χ4v) is 2.17. The monoisotopic (exact) mass is 247 g/mol. The molecule has 0 bridgehead atoms. The van der Waals surface area contributed by atoms with Crippen LogP contribution < -0.4 is 5.32 Å². The third-order valence-corrected chi connectivity index (χ3v) is 3.09. The molecule has 5 heteroatoms. The molecular formula is C12H10ClN3O. The topological polar surface area (TPSA) is 58.0 Å². The molecule has 17 heavy (non-hydrogen) atoms. The Kier molecular flexibility index (Phi) is 2.46. The van der Waals surface area contributed by atoms with Gasteiger partial charge >= 0.3 is 0 Å². The first-order valence-corrected chi connectivity index (χ1v) is 5.68. The maximum Gasteiger partial charge on any atom is 0.164 e. The van der Waals surface area contributed by atoms with Gasteiger partial charge in [0.05, 0.1) is 11.3 Å². The number of nitrogens with one attached hydrogen (secondary N) is 1. The molecule has 1 aliphatic heterocycles. The lowest BCUT2D eigenvalue weighted by atomic mass is 10.1. The standard InChI is InChI=1S/C12H10ClN3O/c13-11-8-5-14-6-9(8)15-12(16-11)7-3-1-2-4-10(7)17/h1-4,14,17H,5-6H2. The summed E-state index contributed by atoms with van der Waals surface area (Å²) in [4.78, 5) is 8.66. The van der Waals surface area contributed by atoms with E-state index < -0.39 is 0 Å². The number of hydrogen-bond donors (Lipinski definition) is 2. The van der Waals surface area contributed by atoms with Crippen LogP contribution in [0.3, 0.4) is 0 Å². The fourth-order valence-electron chi connectivity index (χ4n) is 1.91. The quantitative estimate of drug-likeness (QED) is 0.758. The van der Waals surface area contributed by atoms with E-state index in [2.05, 4.69) is 15.3 Å². The number of rotatable bonds is 1. The first-order valence-electron chi connectivity index (χ1n) is 5.30. The second-order valence-corrected chi connectivity index (χ2v) is 4.24. The third kappa shape index (κ3) is 1.75. The minimum atomic E-state index is 0.162. The minimum absolute atomic E-state index is 0.162. The average molecular weight is 248 g/mol. The van der Waals surface area contributed by atoms with Crippen molar-refractivity contribution >= 4 is 11.6 Å². The molecular weight excluding hydrogens is 238 g/mol. The number of para-hydroxylation sites is 1. The van der Waals surface area contributed by atoms with Crippen LogP contribution in [0.2, 0.25) is 5.15 Å². The van der Waals surface area contributed by atoms with E-state index in [0.717, 1.165) is 11.3 Å². The van der Waals surface area contributed by atoms with Crippen molar-refractivity contribution in [3.05, 3.63) is 40.7 Å². The van der Waals surface area contributed by atoms with Gasteiger partial charge in [-0.3, -0.25) is 0 Å². The second kappa shape index (κ2) is 3.98. The number of nitrogens with zero attached hydrogens (tertiary/aromatic N) is 2. The van der Waals surface area contributed by atoms with E-state index in [-0.39, 0.29) is 5.75 Å². The Hall–Kier alpha value is -1.65. The van der Waals surface area contributed by atoms with Crippen LogP contribution in [-0.2, 0) is 13.1 Å². The lowest BCUT2D eigenvalue weighted by molar-refractivity contribution is 0.477.